The molecule has 0 unspecified atom stereocenters. The maximum absolute atomic E-state index is 9.50. The van der Waals surface area contributed by atoms with Crippen molar-refractivity contribution in [1.29, 1.82) is 0 Å². The molecule has 0 aromatic carbocycles. The van der Waals surface area contributed by atoms with E-state index >= 15 is 0 Å². The SMILES string of the molecule is C=CCC([O])[O]. The van der Waals surface area contributed by atoms with Gasteiger partial charge >= 0.3 is 0 Å². The molecule has 0 amide bonds. The third-order valence-electron chi connectivity index (χ3n) is 0.359. The van der Waals surface area contributed by atoms with Crippen molar-refractivity contribution in [3.05, 3.63) is 12.7 Å². The van der Waals surface area contributed by atoms with Crippen LogP contribution in [-0.2, 0) is 10.2 Å². The zero-order valence-electron chi connectivity index (χ0n) is 3.39. The molecule has 6 heavy (non-hydrogen) atoms. The van der Waals surface area contributed by atoms with E-state index in [1.54, 1.807) is 0 Å². The molecular formula is C4H6O2. The second kappa shape index (κ2) is 2.87. The predicted octanol–water partition coefficient (Wildman–Crippen LogP) is 0.750. The Morgan fingerprint density at radius 2 is 2.17 bits per heavy atom. The molecule has 0 rings (SSSR count). The first-order valence-electron chi connectivity index (χ1n) is 1.70. The molecule has 0 heterocycles. The van der Waals surface area contributed by atoms with Gasteiger partial charge in [0.1, 0.15) is 0 Å². The summed E-state index contributed by atoms with van der Waals surface area (Å²) in [6.45, 7) is 3.20. The fourth-order valence-corrected chi connectivity index (χ4v) is 0.136. The first-order chi connectivity index (χ1) is 2.77. The van der Waals surface area contributed by atoms with Crippen LogP contribution in [0.15, 0.2) is 12.7 Å². The summed E-state index contributed by atoms with van der Waals surface area (Å²) in [5.41, 5.74) is 0. The van der Waals surface area contributed by atoms with Gasteiger partial charge in [0.05, 0.1) is 0 Å². The van der Waals surface area contributed by atoms with Gasteiger partial charge in [-0.25, -0.2) is 0 Å². The topological polar surface area (TPSA) is 39.8 Å². The Kier molecular flexibility index (Phi) is 2.71. The molecule has 0 saturated carbocycles. The lowest BCUT2D eigenvalue weighted by atomic mass is 10.4. The fraction of sp³-hybridized carbons (Fsp3) is 0.500. The third kappa shape index (κ3) is 3.66. The molecule has 0 aromatic heterocycles. The highest BCUT2D eigenvalue weighted by atomic mass is 16.5. The molecule has 0 aliphatic rings. The molecule has 0 aliphatic carbocycles. The van der Waals surface area contributed by atoms with Gasteiger partial charge < -0.3 is 0 Å². The molecule has 0 N–H and O–H groups in total. The van der Waals surface area contributed by atoms with Gasteiger partial charge in [-0.15, -0.1) is 6.58 Å². The van der Waals surface area contributed by atoms with Crippen molar-refractivity contribution in [2.45, 2.75) is 12.7 Å². The molecule has 2 nitrogen and oxygen atoms in total. The summed E-state index contributed by atoms with van der Waals surface area (Å²) in [5.74, 6) is 0. The first kappa shape index (κ1) is 5.66. The van der Waals surface area contributed by atoms with Crippen molar-refractivity contribution in [1.82, 2.24) is 0 Å². The summed E-state index contributed by atoms with van der Waals surface area (Å²) >= 11 is 0. The van der Waals surface area contributed by atoms with Crippen LogP contribution in [0.3, 0.4) is 0 Å². The minimum Gasteiger partial charge on any atom is -0.198 e. The maximum atomic E-state index is 9.50. The smallest absolute Gasteiger partial charge is 0.198 e. The molecule has 0 aromatic rings. The van der Waals surface area contributed by atoms with Gasteiger partial charge in [-0.1, -0.05) is 6.08 Å². The number of hydrogen-bond acceptors (Lipinski definition) is 0. The highest BCUT2D eigenvalue weighted by molar-refractivity contribution is 4.65. The molecule has 0 aliphatic heterocycles. The lowest BCUT2D eigenvalue weighted by molar-refractivity contribution is -0.132. The molecule has 0 bridgehead atoms. The molecule has 0 saturated heterocycles. The second-order valence-corrected chi connectivity index (χ2v) is 0.954. The fourth-order valence-electron chi connectivity index (χ4n) is 0.136. The van der Waals surface area contributed by atoms with Crippen LogP contribution in [0.5, 0.6) is 0 Å². The molecule has 0 fully saturated rings. The van der Waals surface area contributed by atoms with Crippen molar-refractivity contribution >= 4 is 0 Å². The van der Waals surface area contributed by atoms with Crippen LogP contribution in [0.2, 0.25) is 0 Å². The zero-order chi connectivity index (χ0) is 4.99. The molecule has 2 heteroatoms. The van der Waals surface area contributed by atoms with Crippen LogP contribution in [0.1, 0.15) is 6.42 Å². The van der Waals surface area contributed by atoms with Crippen LogP contribution in [-0.4, -0.2) is 6.29 Å². The Morgan fingerprint density at radius 1 is 1.67 bits per heavy atom. The van der Waals surface area contributed by atoms with Gasteiger partial charge in [-0.3, -0.25) is 0 Å². The standard InChI is InChI=1S/C4H6O2/c1-2-3-4(5)6/h2,4H,1,3H2. The Hall–Kier alpha value is -0.340. The second-order valence-electron chi connectivity index (χ2n) is 0.954. The van der Waals surface area contributed by atoms with E-state index in [1.165, 1.54) is 6.08 Å². The molecule has 34 valence electrons. The Balaban J connectivity index is 2.81. The van der Waals surface area contributed by atoms with Crippen molar-refractivity contribution < 1.29 is 10.2 Å². The van der Waals surface area contributed by atoms with Gasteiger partial charge in [-0.2, -0.15) is 10.2 Å². The van der Waals surface area contributed by atoms with Crippen LogP contribution in [0.4, 0.5) is 0 Å². The van der Waals surface area contributed by atoms with E-state index in [1.807, 2.05) is 0 Å². The van der Waals surface area contributed by atoms with Crippen LogP contribution < -0.4 is 0 Å². The average molecular weight is 86.1 g/mol. The monoisotopic (exact) mass is 86.0 g/mol. The van der Waals surface area contributed by atoms with Crippen molar-refractivity contribution in [2.75, 3.05) is 0 Å². The third-order valence-corrected chi connectivity index (χ3v) is 0.359. The molecule has 0 atom stereocenters. The van der Waals surface area contributed by atoms with Crippen molar-refractivity contribution in [3.63, 3.8) is 0 Å². The van der Waals surface area contributed by atoms with Crippen LogP contribution >= 0.6 is 0 Å². The van der Waals surface area contributed by atoms with Crippen LogP contribution in [0.25, 0.3) is 0 Å². The minimum atomic E-state index is -1.72. The summed E-state index contributed by atoms with van der Waals surface area (Å²) in [6.07, 6.45) is -0.368. The number of rotatable bonds is 2. The lowest BCUT2D eigenvalue weighted by Gasteiger charge is -1.84. The largest absolute Gasteiger partial charge is 0.228 e. The summed E-state index contributed by atoms with van der Waals surface area (Å²) in [4.78, 5) is 0. The zero-order valence-corrected chi connectivity index (χ0v) is 3.39. The van der Waals surface area contributed by atoms with Gasteiger partial charge in [-0.05, 0) is 0 Å². The highest BCUT2D eigenvalue weighted by Crippen LogP contribution is 1.84. The predicted molar refractivity (Wildman–Crippen MR) is 20.0 cm³/mol. The molecule has 0 spiro atoms. The van der Waals surface area contributed by atoms with E-state index in [0.29, 0.717) is 0 Å². The van der Waals surface area contributed by atoms with E-state index < -0.39 is 6.29 Å². The first-order valence-corrected chi connectivity index (χ1v) is 1.70. The summed E-state index contributed by atoms with van der Waals surface area (Å²) < 4.78 is 0. The summed E-state index contributed by atoms with van der Waals surface area (Å²) in [5, 5.41) is 19.0. The van der Waals surface area contributed by atoms with Crippen LogP contribution in [0, 0.1) is 0 Å². The Bertz CT molecular complexity index is 40.8. The van der Waals surface area contributed by atoms with Gasteiger partial charge in [0.2, 0.25) is 6.29 Å². The Morgan fingerprint density at radius 3 is 2.17 bits per heavy atom. The van der Waals surface area contributed by atoms with E-state index in [4.69, 9.17) is 0 Å². The normalized spacial score (nSPS) is 9.17. The Labute approximate surface area is 36.7 Å². The molecule has 2 radical (unpaired) electrons. The highest BCUT2D eigenvalue weighted by Gasteiger charge is 1.92. The average Bonchev–Trinajstić information content (AvgIpc) is 1.35. The van der Waals surface area contributed by atoms with Crippen molar-refractivity contribution in [2.24, 2.45) is 0 Å². The van der Waals surface area contributed by atoms with E-state index in [9.17, 15) is 10.2 Å². The summed E-state index contributed by atoms with van der Waals surface area (Å²) in [7, 11) is 0. The van der Waals surface area contributed by atoms with Gasteiger partial charge in [0, 0.05) is 6.42 Å². The van der Waals surface area contributed by atoms with Gasteiger partial charge in [0.25, 0.3) is 0 Å². The van der Waals surface area contributed by atoms with Crippen molar-refractivity contribution in [3.8, 4) is 0 Å². The number of hydrogen-bond donors (Lipinski definition) is 0. The van der Waals surface area contributed by atoms with E-state index in [0.717, 1.165) is 0 Å². The quantitative estimate of drug-likeness (QED) is 0.351. The molecular weight excluding hydrogens is 80.0 g/mol. The maximum Gasteiger partial charge on any atom is 0.228 e. The summed E-state index contributed by atoms with van der Waals surface area (Å²) in [6, 6.07) is 0. The van der Waals surface area contributed by atoms with Gasteiger partial charge in [0.15, 0.2) is 0 Å². The minimum absolute atomic E-state index is 0.0278. The van der Waals surface area contributed by atoms with E-state index in [2.05, 4.69) is 6.58 Å². The van der Waals surface area contributed by atoms with E-state index in [-0.39, 0.29) is 6.42 Å². The lowest BCUT2D eigenvalue weighted by Crippen LogP contribution is -1.94.